The van der Waals surface area contributed by atoms with E-state index in [9.17, 15) is 9.59 Å². The monoisotopic (exact) mass is 265 g/mol. The average molecular weight is 265 g/mol. The number of hydrogen-bond donors (Lipinski definition) is 1. The largest absolute Gasteiger partial charge is 0.360 e. The number of nitrogens with one attached hydrogen (secondary N) is 1. The molecule has 6 nitrogen and oxygen atoms in total. The predicted octanol–water partition coefficient (Wildman–Crippen LogP) is 1.57. The van der Waals surface area contributed by atoms with E-state index in [0.29, 0.717) is 11.6 Å². The van der Waals surface area contributed by atoms with Crippen LogP contribution in [0.4, 0.5) is 5.82 Å². The summed E-state index contributed by atoms with van der Waals surface area (Å²) in [5.74, 6) is 0.448. The van der Waals surface area contributed by atoms with Crippen molar-refractivity contribution >= 4 is 17.6 Å². The van der Waals surface area contributed by atoms with Crippen LogP contribution >= 0.6 is 0 Å². The minimum absolute atomic E-state index is 0.136. The molecule has 0 unspecified atom stereocenters. The van der Waals surface area contributed by atoms with Gasteiger partial charge in [0.1, 0.15) is 11.2 Å². The van der Waals surface area contributed by atoms with Gasteiger partial charge in [0.05, 0.1) is 0 Å². The Morgan fingerprint density at radius 3 is 2.53 bits per heavy atom. The molecule has 2 amide bonds. The molecule has 0 saturated carbocycles. The quantitative estimate of drug-likeness (QED) is 0.842. The van der Waals surface area contributed by atoms with Gasteiger partial charge in [0.25, 0.3) is 0 Å². The lowest BCUT2D eigenvalue weighted by molar-refractivity contribution is -0.145. The van der Waals surface area contributed by atoms with Gasteiger partial charge < -0.3 is 14.7 Å². The Morgan fingerprint density at radius 1 is 1.37 bits per heavy atom. The van der Waals surface area contributed by atoms with E-state index >= 15 is 0 Å². The second-order valence-electron chi connectivity index (χ2n) is 5.40. The van der Waals surface area contributed by atoms with Gasteiger partial charge in [0.15, 0.2) is 5.82 Å². The normalized spacial score (nSPS) is 15.6. The molecule has 1 aromatic rings. The third-order valence-electron chi connectivity index (χ3n) is 3.37. The minimum atomic E-state index is -1.10. The summed E-state index contributed by atoms with van der Waals surface area (Å²) in [4.78, 5) is 26.3. The summed E-state index contributed by atoms with van der Waals surface area (Å²) >= 11 is 0. The highest BCUT2D eigenvalue weighted by atomic mass is 16.5. The van der Waals surface area contributed by atoms with Crippen LogP contribution in [0.5, 0.6) is 0 Å². The van der Waals surface area contributed by atoms with Crippen LogP contribution in [-0.4, -0.2) is 35.0 Å². The van der Waals surface area contributed by atoms with E-state index < -0.39 is 5.41 Å². The molecule has 104 valence electrons. The highest BCUT2D eigenvalue weighted by Crippen LogP contribution is 2.24. The van der Waals surface area contributed by atoms with Crippen molar-refractivity contribution in [3.63, 3.8) is 0 Å². The van der Waals surface area contributed by atoms with Gasteiger partial charge in [-0.25, -0.2) is 0 Å². The smallest absolute Gasteiger partial charge is 0.240 e. The van der Waals surface area contributed by atoms with Gasteiger partial charge in [-0.1, -0.05) is 5.16 Å². The third-order valence-corrected chi connectivity index (χ3v) is 3.37. The Labute approximate surface area is 112 Å². The Bertz CT molecular complexity index is 487. The number of aromatic nitrogens is 1. The summed E-state index contributed by atoms with van der Waals surface area (Å²) in [6, 6.07) is 1.62. The number of likely N-dealkylation sites (tertiary alicyclic amines) is 1. The number of anilines is 1. The van der Waals surface area contributed by atoms with Gasteiger partial charge in [0, 0.05) is 19.2 Å². The molecule has 1 fully saturated rings. The Morgan fingerprint density at radius 2 is 2.00 bits per heavy atom. The fourth-order valence-electron chi connectivity index (χ4n) is 2.11. The first-order valence-electron chi connectivity index (χ1n) is 6.45. The van der Waals surface area contributed by atoms with Gasteiger partial charge in [-0.3, -0.25) is 9.59 Å². The summed E-state index contributed by atoms with van der Waals surface area (Å²) < 4.78 is 4.88. The van der Waals surface area contributed by atoms with E-state index in [0.717, 1.165) is 25.9 Å². The van der Waals surface area contributed by atoms with Gasteiger partial charge in [-0.05, 0) is 33.6 Å². The highest BCUT2D eigenvalue weighted by Gasteiger charge is 2.40. The molecule has 0 bridgehead atoms. The second-order valence-corrected chi connectivity index (χ2v) is 5.40. The first-order chi connectivity index (χ1) is 8.91. The van der Waals surface area contributed by atoms with Crippen molar-refractivity contribution in [2.24, 2.45) is 5.41 Å². The average Bonchev–Trinajstić information content (AvgIpc) is 2.99. The lowest BCUT2D eigenvalue weighted by Gasteiger charge is -2.27. The summed E-state index contributed by atoms with van der Waals surface area (Å²) in [7, 11) is 0. The maximum atomic E-state index is 12.3. The molecule has 0 spiro atoms. The van der Waals surface area contributed by atoms with E-state index in [4.69, 9.17) is 4.52 Å². The van der Waals surface area contributed by atoms with Crippen LogP contribution in [0, 0.1) is 12.3 Å². The molecule has 19 heavy (non-hydrogen) atoms. The summed E-state index contributed by atoms with van der Waals surface area (Å²) in [6.07, 6.45) is 2.01. The van der Waals surface area contributed by atoms with E-state index in [1.807, 2.05) is 0 Å². The molecule has 1 N–H and O–H groups in total. The van der Waals surface area contributed by atoms with Crippen molar-refractivity contribution in [1.29, 1.82) is 0 Å². The zero-order chi connectivity index (χ0) is 14.0. The Hall–Kier alpha value is -1.85. The fraction of sp³-hybridized carbons (Fsp3) is 0.615. The lowest BCUT2D eigenvalue weighted by Crippen LogP contribution is -2.46. The van der Waals surface area contributed by atoms with Crippen LogP contribution in [0.1, 0.15) is 32.4 Å². The molecule has 0 aliphatic carbocycles. The van der Waals surface area contributed by atoms with Crippen molar-refractivity contribution < 1.29 is 14.1 Å². The standard InChI is InChI=1S/C13H19N3O3/c1-9-8-10(15-19-9)14-11(17)13(2,3)12(18)16-6-4-5-7-16/h8H,4-7H2,1-3H3,(H,14,15,17). The molecular formula is C13H19N3O3. The van der Waals surface area contributed by atoms with Gasteiger partial charge in [-0.15, -0.1) is 0 Å². The molecule has 1 saturated heterocycles. The highest BCUT2D eigenvalue weighted by molar-refractivity contribution is 6.09. The zero-order valence-electron chi connectivity index (χ0n) is 11.5. The summed E-state index contributed by atoms with van der Waals surface area (Å²) in [6.45, 7) is 6.48. The first kappa shape index (κ1) is 13.6. The van der Waals surface area contributed by atoms with Crippen LogP contribution in [0.25, 0.3) is 0 Å². The third kappa shape index (κ3) is 2.77. The van der Waals surface area contributed by atoms with Gasteiger partial charge in [0.2, 0.25) is 11.8 Å². The molecular weight excluding hydrogens is 246 g/mol. The zero-order valence-corrected chi connectivity index (χ0v) is 11.5. The predicted molar refractivity (Wildman–Crippen MR) is 69.5 cm³/mol. The van der Waals surface area contributed by atoms with Gasteiger partial charge in [-0.2, -0.15) is 0 Å². The van der Waals surface area contributed by atoms with Crippen LogP contribution in [0.15, 0.2) is 10.6 Å². The Kier molecular flexibility index (Phi) is 3.59. The molecule has 0 aromatic carbocycles. The molecule has 1 aromatic heterocycles. The molecule has 2 rings (SSSR count). The van der Waals surface area contributed by atoms with Crippen molar-refractivity contribution in [3.8, 4) is 0 Å². The van der Waals surface area contributed by atoms with E-state index in [-0.39, 0.29) is 11.8 Å². The van der Waals surface area contributed by atoms with Gasteiger partial charge >= 0.3 is 0 Å². The number of carbonyl (C=O) groups excluding carboxylic acids is 2. The Balaban J connectivity index is 2.05. The maximum absolute atomic E-state index is 12.3. The SMILES string of the molecule is Cc1cc(NC(=O)C(C)(C)C(=O)N2CCCC2)no1. The fourth-order valence-corrected chi connectivity index (χ4v) is 2.11. The van der Waals surface area contributed by atoms with Crippen molar-refractivity contribution in [2.75, 3.05) is 18.4 Å². The van der Waals surface area contributed by atoms with E-state index in [2.05, 4.69) is 10.5 Å². The molecule has 6 heteroatoms. The first-order valence-corrected chi connectivity index (χ1v) is 6.45. The maximum Gasteiger partial charge on any atom is 0.240 e. The van der Waals surface area contributed by atoms with Crippen molar-refractivity contribution in [1.82, 2.24) is 10.1 Å². The molecule has 2 heterocycles. The van der Waals surface area contributed by atoms with Crippen LogP contribution in [-0.2, 0) is 9.59 Å². The minimum Gasteiger partial charge on any atom is -0.360 e. The van der Waals surface area contributed by atoms with Crippen LogP contribution in [0.2, 0.25) is 0 Å². The number of aryl methyl sites for hydroxylation is 1. The summed E-state index contributed by atoms with van der Waals surface area (Å²) in [5, 5.41) is 6.31. The number of carbonyl (C=O) groups is 2. The van der Waals surface area contributed by atoms with E-state index in [1.165, 1.54) is 0 Å². The topological polar surface area (TPSA) is 75.4 Å². The number of amides is 2. The van der Waals surface area contributed by atoms with Crippen molar-refractivity contribution in [2.45, 2.75) is 33.6 Å². The number of nitrogens with zero attached hydrogens (tertiary/aromatic N) is 2. The number of hydrogen-bond acceptors (Lipinski definition) is 4. The summed E-state index contributed by atoms with van der Waals surface area (Å²) in [5.41, 5.74) is -1.10. The van der Waals surface area contributed by atoms with Crippen LogP contribution in [0.3, 0.4) is 0 Å². The van der Waals surface area contributed by atoms with Crippen molar-refractivity contribution in [3.05, 3.63) is 11.8 Å². The lowest BCUT2D eigenvalue weighted by atomic mass is 9.90. The second kappa shape index (κ2) is 5.03. The van der Waals surface area contributed by atoms with E-state index in [1.54, 1.807) is 31.7 Å². The molecule has 0 radical (unpaired) electrons. The number of rotatable bonds is 3. The van der Waals surface area contributed by atoms with Crippen LogP contribution < -0.4 is 5.32 Å². The molecule has 1 aliphatic rings. The molecule has 0 atom stereocenters. The molecule has 1 aliphatic heterocycles.